The summed E-state index contributed by atoms with van der Waals surface area (Å²) >= 11 is 0. The van der Waals surface area contributed by atoms with Gasteiger partial charge in [-0.25, -0.2) is 4.98 Å². The first-order valence-electron chi connectivity index (χ1n) is 9.68. The Labute approximate surface area is 166 Å². The van der Waals surface area contributed by atoms with Gasteiger partial charge in [0.25, 0.3) is 0 Å². The maximum Gasteiger partial charge on any atom is 0.121 e. The first kappa shape index (κ1) is 18.2. The molecule has 0 amide bonds. The van der Waals surface area contributed by atoms with Crippen LogP contribution in [0.15, 0.2) is 103 Å². The molecule has 0 aliphatic carbocycles. The molecule has 0 spiro atoms. The molecule has 4 rings (SSSR count). The quantitative estimate of drug-likeness (QED) is 0.506. The highest BCUT2D eigenvalue weighted by atomic mass is 15.1. The van der Waals surface area contributed by atoms with Gasteiger partial charge in [0.1, 0.15) is 11.4 Å². The van der Waals surface area contributed by atoms with E-state index in [0.29, 0.717) is 6.42 Å². The molecule has 1 heterocycles. The summed E-state index contributed by atoms with van der Waals surface area (Å²) in [6.07, 6.45) is 4.66. The molecular weight excluding hydrogens is 342 g/mol. The number of rotatable bonds is 6. The second-order valence-electron chi connectivity index (χ2n) is 7.20. The van der Waals surface area contributed by atoms with Crippen LogP contribution in [0, 0.1) is 0 Å². The van der Waals surface area contributed by atoms with E-state index in [2.05, 4.69) is 107 Å². The van der Waals surface area contributed by atoms with Crippen LogP contribution in [0.4, 0.5) is 0 Å². The molecule has 1 unspecified atom stereocenters. The fraction of sp³-hybridized carbons (Fsp3) is 0.160. The number of benzene rings is 3. The second kappa shape index (κ2) is 7.83. The lowest BCUT2D eigenvalue weighted by Crippen LogP contribution is -2.39. The monoisotopic (exact) mass is 367 g/mol. The Balaban J connectivity index is 2.10. The summed E-state index contributed by atoms with van der Waals surface area (Å²) in [5, 5.41) is 0. The minimum Gasteiger partial charge on any atom is -0.328 e. The lowest BCUT2D eigenvalue weighted by Gasteiger charge is -2.38. The summed E-state index contributed by atoms with van der Waals surface area (Å²) in [5.41, 5.74) is 9.21. The van der Waals surface area contributed by atoms with Crippen molar-refractivity contribution in [2.45, 2.75) is 24.9 Å². The molecule has 3 nitrogen and oxygen atoms in total. The highest BCUT2D eigenvalue weighted by molar-refractivity contribution is 5.51. The van der Waals surface area contributed by atoms with Crippen LogP contribution in [0.5, 0.6) is 0 Å². The van der Waals surface area contributed by atoms with E-state index in [1.54, 1.807) is 0 Å². The summed E-state index contributed by atoms with van der Waals surface area (Å²) in [7, 11) is 0. The molecule has 4 aromatic rings. The summed E-state index contributed by atoms with van der Waals surface area (Å²) in [6, 6.07) is 31.9. The molecule has 140 valence electrons. The summed E-state index contributed by atoms with van der Waals surface area (Å²) in [4.78, 5) is 4.68. The minimum absolute atomic E-state index is 0.0289. The number of hydrogen-bond donors (Lipinski definition) is 1. The van der Waals surface area contributed by atoms with Gasteiger partial charge in [-0.2, -0.15) is 0 Å². The number of aromatic nitrogens is 2. The van der Waals surface area contributed by atoms with Crippen LogP contribution < -0.4 is 5.73 Å². The largest absolute Gasteiger partial charge is 0.328 e. The highest BCUT2D eigenvalue weighted by Gasteiger charge is 2.39. The topological polar surface area (TPSA) is 43.8 Å². The van der Waals surface area contributed by atoms with Crippen LogP contribution in [-0.2, 0) is 12.0 Å². The highest BCUT2D eigenvalue weighted by Crippen LogP contribution is 2.41. The fourth-order valence-electron chi connectivity index (χ4n) is 4.03. The van der Waals surface area contributed by atoms with Crippen molar-refractivity contribution in [3.63, 3.8) is 0 Å². The second-order valence-corrected chi connectivity index (χ2v) is 7.20. The van der Waals surface area contributed by atoms with Gasteiger partial charge in [-0.3, -0.25) is 0 Å². The molecule has 3 heteroatoms. The lowest BCUT2D eigenvalue weighted by molar-refractivity contribution is 0.484. The summed E-state index contributed by atoms with van der Waals surface area (Å²) in [6.45, 7) is 2.02. The van der Waals surface area contributed by atoms with Crippen molar-refractivity contribution in [2.24, 2.45) is 5.73 Å². The van der Waals surface area contributed by atoms with Crippen molar-refractivity contribution in [1.82, 2.24) is 9.55 Å². The van der Waals surface area contributed by atoms with E-state index >= 15 is 0 Å². The first-order chi connectivity index (χ1) is 13.7. The Hall–Kier alpha value is -3.17. The molecule has 2 N–H and O–H groups in total. The Morgan fingerprint density at radius 3 is 1.61 bits per heavy atom. The van der Waals surface area contributed by atoms with Crippen molar-refractivity contribution in [3.05, 3.63) is 126 Å². The zero-order valence-corrected chi connectivity index (χ0v) is 16.1. The average Bonchev–Trinajstić information content (AvgIpc) is 3.19. The van der Waals surface area contributed by atoms with E-state index in [4.69, 9.17) is 5.73 Å². The zero-order valence-electron chi connectivity index (χ0n) is 16.1. The van der Waals surface area contributed by atoms with Crippen molar-refractivity contribution in [3.8, 4) is 0 Å². The van der Waals surface area contributed by atoms with E-state index in [9.17, 15) is 0 Å². The number of nitrogens with zero attached hydrogens (tertiary/aromatic N) is 2. The molecule has 28 heavy (non-hydrogen) atoms. The zero-order chi connectivity index (χ0) is 19.4. The summed E-state index contributed by atoms with van der Waals surface area (Å²) in [5.74, 6) is 0.978. The van der Waals surface area contributed by atoms with Crippen molar-refractivity contribution < 1.29 is 0 Å². The number of nitrogens with two attached hydrogens (primary N) is 1. The molecular formula is C25H25N3. The lowest BCUT2D eigenvalue weighted by atomic mass is 9.76. The van der Waals surface area contributed by atoms with Gasteiger partial charge in [0, 0.05) is 24.9 Å². The van der Waals surface area contributed by atoms with Gasteiger partial charge in [-0.05, 0) is 23.6 Å². The minimum atomic E-state index is -0.523. The van der Waals surface area contributed by atoms with Gasteiger partial charge >= 0.3 is 0 Å². The van der Waals surface area contributed by atoms with Gasteiger partial charge in [-0.15, -0.1) is 0 Å². The molecule has 0 saturated carbocycles. The number of imidazole rings is 1. The molecule has 0 bridgehead atoms. The van der Waals surface area contributed by atoms with Gasteiger partial charge in [0.05, 0.1) is 0 Å². The Bertz CT molecular complexity index is 909. The molecule has 0 saturated heterocycles. The Kier molecular flexibility index (Phi) is 5.09. The molecule has 0 radical (unpaired) electrons. The van der Waals surface area contributed by atoms with Crippen molar-refractivity contribution >= 4 is 0 Å². The Morgan fingerprint density at radius 2 is 1.21 bits per heavy atom. The molecule has 0 aliphatic heterocycles. The van der Waals surface area contributed by atoms with Crippen LogP contribution in [-0.4, -0.2) is 15.6 Å². The van der Waals surface area contributed by atoms with Gasteiger partial charge in [-0.1, -0.05) is 91.0 Å². The first-order valence-corrected chi connectivity index (χ1v) is 9.68. The maximum absolute atomic E-state index is 6.16. The van der Waals surface area contributed by atoms with Crippen LogP contribution >= 0.6 is 0 Å². The number of hydrogen-bond acceptors (Lipinski definition) is 2. The normalized spacial score (nSPS) is 12.6. The standard InChI is InChI=1S/C25H25N3/c1-20(26)19-24-27-17-18-28(24)25(21-11-5-2-6-12-21,22-13-7-3-8-14-22)23-15-9-4-10-16-23/h2-18,20H,19,26H2,1H3. The third-order valence-corrected chi connectivity index (χ3v) is 5.16. The predicted octanol–water partition coefficient (Wildman–Crippen LogP) is 4.61. The third kappa shape index (κ3) is 3.14. The van der Waals surface area contributed by atoms with E-state index < -0.39 is 5.54 Å². The van der Waals surface area contributed by atoms with E-state index in [1.807, 2.05) is 13.1 Å². The molecule has 0 aliphatic rings. The predicted molar refractivity (Wildman–Crippen MR) is 114 cm³/mol. The molecule has 0 fully saturated rings. The van der Waals surface area contributed by atoms with E-state index in [-0.39, 0.29) is 6.04 Å². The van der Waals surface area contributed by atoms with Gasteiger partial charge in [0.2, 0.25) is 0 Å². The van der Waals surface area contributed by atoms with Gasteiger partial charge < -0.3 is 10.3 Å². The van der Waals surface area contributed by atoms with E-state index in [0.717, 1.165) is 5.82 Å². The smallest absolute Gasteiger partial charge is 0.121 e. The van der Waals surface area contributed by atoms with Crippen LogP contribution in [0.3, 0.4) is 0 Å². The van der Waals surface area contributed by atoms with Crippen molar-refractivity contribution in [2.75, 3.05) is 0 Å². The van der Waals surface area contributed by atoms with Crippen molar-refractivity contribution in [1.29, 1.82) is 0 Å². The fourth-order valence-corrected chi connectivity index (χ4v) is 4.03. The summed E-state index contributed by atoms with van der Waals surface area (Å²) < 4.78 is 2.29. The maximum atomic E-state index is 6.16. The van der Waals surface area contributed by atoms with Crippen LogP contribution in [0.2, 0.25) is 0 Å². The van der Waals surface area contributed by atoms with Gasteiger partial charge in [0.15, 0.2) is 0 Å². The third-order valence-electron chi connectivity index (χ3n) is 5.16. The Morgan fingerprint density at radius 1 is 0.786 bits per heavy atom. The van der Waals surface area contributed by atoms with Crippen LogP contribution in [0.1, 0.15) is 29.4 Å². The molecule has 1 atom stereocenters. The molecule has 1 aromatic heterocycles. The average molecular weight is 367 g/mol. The molecule has 3 aromatic carbocycles. The van der Waals surface area contributed by atoms with Crippen LogP contribution in [0.25, 0.3) is 0 Å². The SMILES string of the molecule is CC(N)Cc1nccn1C(c1ccccc1)(c1ccccc1)c1ccccc1. The van der Waals surface area contributed by atoms with E-state index in [1.165, 1.54) is 16.7 Å².